The Labute approximate surface area is 118 Å². The average molecular weight is 299 g/mol. The van der Waals surface area contributed by atoms with Gasteiger partial charge in [0.15, 0.2) is 11.5 Å². The van der Waals surface area contributed by atoms with E-state index in [1.165, 1.54) is 24.5 Å². The van der Waals surface area contributed by atoms with Crippen LogP contribution < -0.4 is 15.2 Å². The maximum atomic E-state index is 12.3. The van der Waals surface area contributed by atoms with Gasteiger partial charge in [0.05, 0.1) is 5.56 Å². The monoisotopic (exact) mass is 299 g/mol. The van der Waals surface area contributed by atoms with Crippen LogP contribution in [-0.4, -0.2) is 16.3 Å². The summed E-state index contributed by atoms with van der Waals surface area (Å²) in [5, 5.41) is 0. The SMILES string of the molecule is CCc1c(N)ncnc1Oc1ccccc1OC(F)(F)F. The molecular weight excluding hydrogens is 287 g/mol. The Hall–Kier alpha value is -2.51. The molecule has 112 valence electrons. The van der Waals surface area contributed by atoms with E-state index in [4.69, 9.17) is 10.5 Å². The summed E-state index contributed by atoms with van der Waals surface area (Å²) in [6.07, 6.45) is -3.15. The van der Waals surface area contributed by atoms with Gasteiger partial charge in [0.1, 0.15) is 12.1 Å². The van der Waals surface area contributed by atoms with Crippen molar-refractivity contribution >= 4 is 5.82 Å². The maximum absolute atomic E-state index is 12.3. The van der Waals surface area contributed by atoms with Crippen LogP contribution in [-0.2, 0) is 6.42 Å². The highest BCUT2D eigenvalue weighted by Crippen LogP contribution is 2.35. The maximum Gasteiger partial charge on any atom is 0.573 e. The van der Waals surface area contributed by atoms with Gasteiger partial charge in [-0.1, -0.05) is 19.1 Å². The van der Waals surface area contributed by atoms with E-state index in [-0.39, 0.29) is 17.4 Å². The Kier molecular flexibility index (Phi) is 4.15. The first-order valence-corrected chi connectivity index (χ1v) is 6.02. The molecule has 0 fully saturated rings. The van der Waals surface area contributed by atoms with Gasteiger partial charge in [0, 0.05) is 0 Å². The third-order valence-corrected chi connectivity index (χ3v) is 2.57. The fraction of sp³-hybridized carbons (Fsp3) is 0.231. The molecule has 1 heterocycles. The Balaban J connectivity index is 2.34. The number of anilines is 1. The van der Waals surface area contributed by atoms with E-state index in [9.17, 15) is 13.2 Å². The van der Waals surface area contributed by atoms with Crippen molar-refractivity contribution in [1.29, 1.82) is 0 Å². The van der Waals surface area contributed by atoms with Crippen LogP contribution in [0, 0.1) is 0 Å². The van der Waals surface area contributed by atoms with Crippen molar-refractivity contribution in [3.05, 3.63) is 36.2 Å². The Morgan fingerprint density at radius 2 is 1.81 bits per heavy atom. The van der Waals surface area contributed by atoms with Crippen molar-refractivity contribution in [2.45, 2.75) is 19.7 Å². The van der Waals surface area contributed by atoms with Gasteiger partial charge < -0.3 is 15.2 Å². The van der Waals surface area contributed by atoms with Gasteiger partial charge in [0.25, 0.3) is 0 Å². The number of hydrogen-bond acceptors (Lipinski definition) is 5. The number of rotatable bonds is 4. The van der Waals surface area contributed by atoms with Crippen LogP contribution in [0.3, 0.4) is 0 Å². The van der Waals surface area contributed by atoms with Crippen LogP contribution in [0.25, 0.3) is 0 Å². The van der Waals surface area contributed by atoms with E-state index in [1.54, 1.807) is 6.92 Å². The fourth-order valence-corrected chi connectivity index (χ4v) is 1.68. The van der Waals surface area contributed by atoms with E-state index < -0.39 is 12.1 Å². The predicted octanol–water partition coefficient (Wildman–Crippen LogP) is 3.31. The minimum absolute atomic E-state index is 0.100. The number of nitrogen functional groups attached to an aromatic ring is 1. The molecule has 1 aromatic heterocycles. The first-order valence-electron chi connectivity index (χ1n) is 6.02. The zero-order valence-corrected chi connectivity index (χ0v) is 11.0. The lowest BCUT2D eigenvalue weighted by molar-refractivity contribution is -0.275. The molecule has 0 spiro atoms. The van der Waals surface area contributed by atoms with Crippen molar-refractivity contribution in [3.8, 4) is 17.4 Å². The largest absolute Gasteiger partial charge is 0.573 e. The third kappa shape index (κ3) is 3.74. The van der Waals surface area contributed by atoms with Gasteiger partial charge >= 0.3 is 6.36 Å². The molecule has 0 aliphatic heterocycles. The molecule has 0 unspecified atom stereocenters. The summed E-state index contributed by atoms with van der Waals surface area (Å²) in [4.78, 5) is 7.70. The van der Waals surface area contributed by atoms with E-state index in [0.29, 0.717) is 12.0 Å². The van der Waals surface area contributed by atoms with Crippen LogP contribution in [0.5, 0.6) is 17.4 Å². The number of aromatic nitrogens is 2. The summed E-state index contributed by atoms with van der Waals surface area (Å²) in [6, 6.07) is 5.43. The van der Waals surface area contributed by atoms with Gasteiger partial charge in [-0.15, -0.1) is 13.2 Å². The molecule has 2 rings (SSSR count). The lowest BCUT2D eigenvalue weighted by Gasteiger charge is -2.14. The zero-order valence-electron chi connectivity index (χ0n) is 11.0. The number of halogens is 3. The summed E-state index contributed by atoms with van der Waals surface area (Å²) < 4.78 is 46.4. The van der Waals surface area contributed by atoms with Crippen LogP contribution in [0.15, 0.2) is 30.6 Å². The van der Waals surface area contributed by atoms with E-state index in [1.807, 2.05) is 0 Å². The lowest BCUT2D eigenvalue weighted by Crippen LogP contribution is -2.17. The molecule has 1 aromatic carbocycles. The van der Waals surface area contributed by atoms with Crippen LogP contribution in [0.2, 0.25) is 0 Å². The van der Waals surface area contributed by atoms with Crippen molar-refractivity contribution < 1.29 is 22.6 Å². The number of para-hydroxylation sites is 2. The molecule has 2 aromatic rings. The smallest absolute Gasteiger partial charge is 0.435 e. The molecule has 0 radical (unpaired) electrons. The van der Waals surface area contributed by atoms with E-state index in [2.05, 4.69) is 14.7 Å². The Morgan fingerprint density at radius 1 is 1.14 bits per heavy atom. The van der Waals surface area contributed by atoms with E-state index >= 15 is 0 Å². The minimum Gasteiger partial charge on any atom is -0.435 e. The van der Waals surface area contributed by atoms with Gasteiger partial charge in [-0.3, -0.25) is 0 Å². The average Bonchev–Trinajstić information content (AvgIpc) is 2.40. The normalized spacial score (nSPS) is 11.2. The first kappa shape index (κ1) is 14.9. The number of hydrogen-bond donors (Lipinski definition) is 1. The molecule has 0 aliphatic rings. The van der Waals surface area contributed by atoms with Crippen LogP contribution in [0.1, 0.15) is 12.5 Å². The molecular formula is C13H12F3N3O2. The van der Waals surface area contributed by atoms with Crippen molar-refractivity contribution in [2.75, 3.05) is 5.73 Å². The summed E-state index contributed by atoms with van der Waals surface area (Å²) in [5.74, 6) is -0.244. The Bertz CT molecular complexity index is 632. The van der Waals surface area contributed by atoms with Crippen molar-refractivity contribution in [1.82, 2.24) is 9.97 Å². The molecule has 5 nitrogen and oxygen atoms in total. The molecule has 0 saturated carbocycles. The molecule has 0 saturated heterocycles. The minimum atomic E-state index is -4.81. The molecule has 0 amide bonds. The van der Waals surface area contributed by atoms with E-state index in [0.717, 1.165) is 6.07 Å². The van der Waals surface area contributed by atoms with Gasteiger partial charge in [0.2, 0.25) is 5.88 Å². The summed E-state index contributed by atoms with van der Waals surface area (Å²) >= 11 is 0. The van der Waals surface area contributed by atoms with Crippen molar-refractivity contribution in [2.24, 2.45) is 0 Å². The van der Waals surface area contributed by atoms with Crippen LogP contribution in [0.4, 0.5) is 19.0 Å². The second kappa shape index (κ2) is 5.86. The second-order valence-corrected chi connectivity index (χ2v) is 3.99. The highest BCUT2D eigenvalue weighted by atomic mass is 19.4. The molecule has 8 heteroatoms. The molecule has 0 bridgehead atoms. The highest BCUT2D eigenvalue weighted by Gasteiger charge is 2.32. The number of benzene rings is 1. The fourth-order valence-electron chi connectivity index (χ4n) is 1.68. The van der Waals surface area contributed by atoms with Gasteiger partial charge in [-0.2, -0.15) is 0 Å². The molecule has 2 N–H and O–H groups in total. The molecule has 0 atom stereocenters. The third-order valence-electron chi connectivity index (χ3n) is 2.57. The highest BCUT2D eigenvalue weighted by molar-refractivity contribution is 5.48. The quantitative estimate of drug-likeness (QED) is 0.937. The number of nitrogens with two attached hydrogens (primary N) is 1. The van der Waals surface area contributed by atoms with Crippen molar-refractivity contribution in [3.63, 3.8) is 0 Å². The Morgan fingerprint density at radius 3 is 2.43 bits per heavy atom. The van der Waals surface area contributed by atoms with Gasteiger partial charge in [-0.05, 0) is 18.6 Å². The second-order valence-electron chi connectivity index (χ2n) is 3.99. The number of nitrogens with zero attached hydrogens (tertiary/aromatic N) is 2. The van der Waals surface area contributed by atoms with Gasteiger partial charge in [-0.25, -0.2) is 9.97 Å². The summed E-state index contributed by atoms with van der Waals surface area (Å²) in [7, 11) is 0. The standard InChI is InChI=1S/C13H12F3N3O2/c1-2-8-11(17)18-7-19-12(8)20-9-5-3-4-6-10(9)21-13(14,15)16/h3-7H,2H2,1H3,(H2,17,18,19). The zero-order chi connectivity index (χ0) is 15.5. The summed E-state index contributed by atoms with van der Waals surface area (Å²) in [5.41, 5.74) is 6.20. The first-order chi connectivity index (χ1) is 9.90. The predicted molar refractivity (Wildman–Crippen MR) is 69.0 cm³/mol. The topological polar surface area (TPSA) is 70.3 Å². The lowest BCUT2D eigenvalue weighted by atomic mass is 10.2. The molecule has 0 aliphatic carbocycles. The molecule has 21 heavy (non-hydrogen) atoms. The number of alkyl halides is 3. The number of ether oxygens (including phenoxy) is 2. The summed E-state index contributed by atoms with van der Waals surface area (Å²) in [6.45, 7) is 1.81. The van der Waals surface area contributed by atoms with Crippen LogP contribution >= 0.6 is 0 Å².